The second-order valence-electron chi connectivity index (χ2n) is 6.62. The number of aromatic carboxylic acids is 1. The third-order valence-electron chi connectivity index (χ3n) is 5.02. The van der Waals surface area contributed by atoms with Crippen molar-refractivity contribution in [1.29, 1.82) is 0 Å². The lowest BCUT2D eigenvalue weighted by molar-refractivity contribution is -0.255. The Morgan fingerprint density at radius 3 is 2.46 bits per heavy atom. The number of likely N-dealkylation sites (N-methyl/N-ethyl adjacent to an activating group) is 1. The molecule has 0 atom stereocenters. The van der Waals surface area contributed by atoms with Crippen LogP contribution in [-0.4, -0.2) is 39.1 Å². The predicted octanol–water partition coefficient (Wildman–Crippen LogP) is 0.941. The predicted molar refractivity (Wildman–Crippen MR) is 94.6 cm³/mol. The largest absolute Gasteiger partial charge is 0.543 e. The molecule has 1 heterocycles. The van der Waals surface area contributed by atoms with E-state index in [4.69, 9.17) is 0 Å². The van der Waals surface area contributed by atoms with Crippen LogP contribution in [0.5, 0.6) is 0 Å². The fourth-order valence-corrected chi connectivity index (χ4v) is 3.74. The number of benzene rings is 1. The molecule has 1 amide bonds. The van der Waals surface area contributed by atoms with Crippen molar-refractivity contribution in [2.75, 3.05) is 6.54 Å². The quantitative estimate of drug-likeness (QED) is 0.794. The van der Waals surface area contributed by atoms with Crippen LogP contribution < -0.4 is 10.7 Å². The maximum Gasteiger partial charge on any atom is 0.275 e. The number of rotatable bonds is 5. The van der Waals surface area contributed by atoms with Gasteiger partial charge in [-0.2, -0.15) is 5.10 Å². The van der Waals surface area contributed by atoms with Crippen LogP contribution in [-0.2, 0) is 11.3 Å². The molecule has 1 aliphatic carbocycles. The molecule has 0 unspecified atom stereocenters. The smallest absolute Gasteiger partial charge is 0.275 e. The van der Waals surface area contributed by atoms with Gasteiger partial charge in [-0.1, -0.05) is 37.5 Å². The Morgan fingerprint density at radius 2 is 1.85 bits per heavy atom. The van der Waals surface area contributed by atoms with E-state index in [0.717, 1.165) is 30.4 Å². The number of nitrogens with zero attached hydrogens (tertiary/aromatic N) is 3. The van der Waals surface area contributed by atoms with Gasteiger partial charge in [-0.15, -0.1) is 0 Å². The topological polar surface area (TPSA) is 95.3 Å². The van der Waals surface area contributed by atoms with Crippen LogP contribution in [0.15, 0.2) is 29.1 Å². The first-order chi connectivity index (χ1) is 12.5. The van der Waals surface area contributed by atoms with Gasteiger partial charge in [0.1, 0.15) is 12.2 Å². The number of aromatic nitrogens is 2. The zero-order valence-electron chi connectivity index (χ0n) is 14.8. The summed E-state index contributed by atoms with van der Waals surface area (Å²) in [6, 6.07) is 6.51. The van der Waals surface area contributed by atoms with E-state index in [1.807, 2.05) is 6.92 Å². The van der Waals surface area contributed by atoms with Crippen molar-refractivity contribution >= 4 is 22.6 Å². The Bertz CT molecular complexity index is 884. The molecule has 0 bridgehead atoms. The molecule has 7 nitrogen and oxygen atoms in total. The molecular weight excluding hydrogens is 334 g/mol. The number of carbonyl (C=O) groups is 2. The van der Waals surface area contributed by atoms with E-state index < -0.39 is 11.5 Å². The summed E-state index contributed by atoms with van der Waals surface area (Å²) in [7, 11) is 0. The molecule has 0 aliphatic heterocycles. The normalized spacial score (nSPS) is 15.1. The number of hydrogen-bond donors (Lipinski definition) is 0. The van der Waals surface area contributed by atoms with Crippen molar-refractivity contribution in [2.24, 2.45) is 0 Å². The van der Waals surface area contributed by atoms with Gasteiger partial charge in [0, 0.05) is 18.0 Å². The van der Waals surface area contributed by atoms with Gasteiger partial charge < -0.3 is 14.8 Å². The van der Waals surface area contributed by atoms with E-state index in [9.17, 15) is 19.5 Å². The highest BCUT2D eigenvalue weighted by Gasteiger charge is 2.25. The monoisotopic (exact) mass is 356 g/mol. The molecule has 1 saturated carbocycles. The zero-order valence-corrected chi connectivity index (χ0v) is 14.8. The van der Waals surface area contributed by atoms with E-state index >= 15 is 0 Å². The minimum atomic E-state index is -1.47. The van der Waals surface area contributed by atoms with Crippen LogP contribution in [0.2, 0.25) is 0 Å². The molecule has 1 aliphatic rings. The molecule has 0 N–H and O–H groups in total. The number of carboxylic acid groups (broad SMARTS) is 1. The van der Waals surface area contributed by atoms with Gasteiger partial charge in [0.05, 0.1) is 11.4 Å². The van der Waals surface area contributed by atoms with Crippen LogP contribution >= 0.6 is 0 Å². The van der Waals surface area contributed by atoms with Gasteiger partial charge in [-0.25, -0.2) is 4.68 Å². The lowest BCUT2D eigenvalue weighted by Gasteiger charge is -2.33. The number of amides is 1. The van der Waals surface area contributed by atoms with Crippen LogP contribution in [0, 0.1) is 0 Å². The van der Waals surface area contributed by atoms with E-state index in [2.05, 4.69) is 5.10 Å². The number of fused-ring (bicyclic) bond motifs is 1. The van der Waals surface area contributed by atoms with Gasteiger partial charge in [0.15, 0.2) is 0 Å². The van der Waals surface area contributed by atoms with Gasteiger partial charge in [-0.3, -0.25) is 9.59 Å². The van der Waals surface area contributed by atoms with Crippen LogP contribution in [0.1, 0.15) is 49.5 Å². The molecule has 1 aromatic carbocycles. The Morgan fingerprint density at radius 1 is 1.19 bits per heavy atom. The summed E-state index contributed by atoms with van der Waals surface area (Å²) in [5.41, 5.74) is -0.799. The molecule has 1 aromatic heterocycles. The Labute approximate surface area is 151 Å². The molecule has 3 rings (SSSR count). The first-order valence-corrected chi connectivity index (χ1v) is 9.03. The van der Waals surface area contributed by atoms with Crippen LogP contribution in [0.3, 0.4) is 0 Å². The van der Waals surface area contributed by atoms with E-state index in [0.29, 0.717) is 6.54 Å². The zero-order chi connectivity index (χ0) is 18.7. The number of carboxylic acids is 1. The van der Waals surface area contributed by atoms with Gasteiger partial charge in [0.25, 0.3) is 5.56 Å². The summed E-state index contributed by atoms with van der Waals surface area (Å²) in [4.78, 5) is 38.6. The average Bonchev–Trinajstić information content (AvgIpc) is 2.65. The summed E-state index contributed by atoms with van der Waals surface area (Å²) < 4.78 is 0.946. The molecular formula is C19H22N3O4-. The fourth-order valence-electron chi connectivity index (χ4n) is 3.74. The SMILES string of the molecule is CCN(C(=O)Cn1nc(C(=O)[O-])c2ccccc2c1=O)C1CCCCC1. The Kier molecular flexibility index (Phi) is 5.35. The number of hydrogen-bond acceptors (Lipinski definition) is 5. The van der Waals surface area contributed by atoms with Crippen molar-refractivity contribution < 1.29 is 14.7 Å². The Balaban J connectivity index is 1.94. The maximum atomic E-state index is 12.8. The first-order valence-electron chi connectivity index (χ1n) is 9.03. The Hall–Kier alpha value is -2.70. The first kappa shape index (κ1) is 18.1. The van der Waals surface area contributed by atoms with Crippen LogP contribution in [0.4, 0.5) is 0 Å². The fraction of sp³-hybridized carbons (Fsp3) is 0.474. The second kappa shape index (κ2) is 7.68. The average molecular weight is 356 g/mol. The lowest BCUT2D eigenvalue weighted by Crippen LogP contribution is -2.44. The maximum absolute atomic E-state index is 12.8. The van der Waals surface area contributed by atoms with Crippen molar-refractivity contribution in [3.05, 3.63) is 40.3 Å². The van der Waals surface area contributed by atoms with Crippen molar-refractivity contribution in [1.82, 2.24) is 14.7 Å². The molecule has 0 radical (unpaired) electrons. The lowest BCUT2D eigenvalue weighted by atomic mass is 9.94. The third kappa shape index (κ3) is 3.47. The summed E-state index contributed by atoms with van der Waals surface area (Å²) >= 11 is 0. The van der Waals surface area contributed by atoms with E-state index in [1.165, 1.54) is 18.6 Å². The van der Waals surface area contributed by atoms with E-state index in [-0.39, 0.29) is 35.0 Å². The molecule has 7 heteroatoms. The van der Waals surface area contributed by atoms with Crippen LogP contribution in [0.25, 0.3) is 10.8 Å². The molecule has 26 heavy (non-hydrogen) atoms. The van der Waals surface area contributed by atoms with Gasteiger partial charge >= 0.3 is 0 Å². The minimum absolute atomic E-state index is 0.179. The minimum Gasteiger partial charge on any atom is -0.543 e. The molecule has 0 spiro atoms. The van der Waals surface area contributed by atoms with Gasteiger partial charge in [-0.05, 0) is 25.8 Å². The van der Waals surface area contributed by atoms with E-state index in [1.54, 1.807) is 17.0 Å². The summed E-state index contributed by atoms with van der Waals surface area (Å²) in [5.74, 6) is -1.68. The second-order valence-corrected chi connectivity index (χ2v) is 6.62. The van der Waals surface area contributed by atoms with Crippen molar-refractivity contribution in [3.63, 3.8) is 0 Å². The standard InChI is InChI=1S/C19H23N3O4/c1-2-21(13-8-4-3-5-9-13)16(23)12-22-18(24)15-11-7-6-10-14(15)17(20-22)19(25)26/h6-7,10-11,13H,2-5,8-9,12H2,1H3,(H,25,26)/p-1. The molecule has 2 aromatic rings. The molecule has 0 saturated heterocycles. The number of carbonyl (C=O) groups excluding carboxylic acids is 2. The molecule has 1 fully saturated rings. The summed E-state index contributed by atoms with van der Waals surface area (Å²) in [5, 5.41) is 15.8. The third-order valence-corrected chi connectivity index (χ3v) is 5.02. The highest BCUT2D eigenvalue weighted by atomic mass is 16.4. The summed E-state index contributed by atoms with van der Waals surface area (Å²) in [6.07, 6.45) is 5.30. The highest BCUT2D eigenvalue weighted by Crippen LogP contribution is 2.22. The summed E-state index contributed by atoms with van der Waals surface area (Å²) in [6.45, 7) is 2.20. The van der Waals surface area contributed by atoms with Gasteiger partial charge in [0.2, 0.25) is 5.91 Å². The molecule has 138 valence electrons. The van der Waals surface area contributed by atoms with Crippen molar-refractivity contribution in [2.45, 2.75) is 51.6 Å². The van der Waals surface area contributed by atoms with Crippen molar-refractivity contribution in [3.8, 4) is 0 Å². The highest BCUT2D eigenvalue weighted by molar-refractivity contribution is 6.00.